The van der Waals surface area contributed by atoms with Gasteiger partial charge >= 0.3 is 0 Å². The molecule has 1 saturated carbocycles. The highest BCUT2D eigenvalue weighted by atomic mass is 127. The second-order valence-corrected chi connectivity index (χ2v) is 7.55. The van der Waals surface area contributed by atoms with E-state index >= 15 is 0 Å². The molecule has 0 saturated heterocycles. The third-order valence-corrected chi connectivity index (χ3v) is 6.05. The van der Waals surface area contributed by atoms with Gasteiger partial charge in [-0.3, -0.25) is 4.79 Å². The summed E-state index contributed by atoms with van der Waals surface area (Å²) in [6.45, 7) is 8.72. The number of hydrogen-bond donors (Lipinski definition) is 1. The quantitative estimate of drug-likeness (QED) is 0.772. The van der Waals surface area contributed by atoms with Crippen molar-refractivity contribution in [1.82, 2.24) is 5.32 Å². The topological polar surface area (TPSA) is 29.1 Å². The Morgan fingerprint density at radius 2 is 1.83 bits per heavy atom. The SMILES string of the molecule is CC1(C)C(NC(=O)c2ccc(I)c(Cl)c2)C1(C)C. The van der Waals surface area contributed by atoms with Crippen molar-refractivity contribution < 1.29 is 4.79 Å². The second kappa shape index (κ2) is 4.37. The Morgan fingerprint density at radius 1 is 1.28 bits per heavy atom. The normalized spacial score (nSPS) is 20.6. The summed E-state index contributed by atoms with van der Waals surface area (Å²) < 4.78 is 0.956. The van der Waals surface area contributed by atoms with E-state index in [-0.39, 0.29) is 22.8 Å². The maximum absolute atomic E-state index is 12.2. The molecule has 1 amide bonds. The third kappa shape index (κ3) is 2.16. The number of nitrogens with one attached hydrogen (secondary N) is 1. The van der Waals surface area contributed by atoms with Gasteiger partial charge in [0.2, 0.25) is 0 Å². The molecule has 0 aromatic heterocycles. The van der Waals surface area contributed by atoms with E-state index in [2.05, 4.69) is 55.6 Å². The number of carbonyl (C=O) groups is 1. The molecule has 1 aliphatic rings. The van der Waals surface area contributed by atoms with Crippen molar-refractivity contribution in [2.24, 2.45) is 10.8 Å². The molecule has 18 heavy (non-hydrogen) atoms. The number of carbonyl (C=O) groups excluding carboxylic acids is 1. The summed E-state index contributed by atoms with van der Waals surface area (Å²) in [6.07, 6.45) is 0. The Labute approximate surface area is 127 Å². The molecule has 1 aromatic rings. The fraction of sp³-hybridized carbons (Fsp3) is 0.500. The Hall–Kier alpha value is -0.290. The van der Waals surface area contributed by atoms with Gasteiger partial charge < -0.3 is 5.32 Å². The van der Waals surface area contributed by atoms with Gasteiger partial charge in [-0.2, -0.15) is 0 Å². The van der Waals surface area contributed by atoms with Gasteiger partial charge in [-0.05, 0) is 51.6 Å². The van der Waals surface area contributed by atoms with Gasteiger partial charge in [0.25, 0.3) is 5.91 Å². The first kappa shape index (κ1) is 14.1. The minimum Gasteiger partial charge on any atom is -0.348 e. The first-order valence-electron chi connectivity index (χ1n) is 5.94. The number of amides is 1. The lowest BCUT2D eigenvalue weighted by Crippen LogP contribution is -2.29. The molecular formula is C14H17ClINO. The van der Waals surface area contributed by atoms with Crippen LogP contribution in [0.15, 0.2) is 18.2 Å². The molecule has 4 heteroatoms. The van der Waals surface area contributed by atoms with Crippen LogP contribution in [0.5, 0.6) is 0 Å². The minimum absolute atomic E-state index is 0.0445. The average Bonchev–Trinajstić information content (AvgIpc) is 2.65. The largest absolute Gasteiger partial charge is 0.348 e. The highest BCUT2D eigenvalue weighted by Crippen LogP contribution is 2.62. The lowest BCUT2D eigenvalue weighted by atomic mass is 10.0. The van der Waals surface area contributed by atoms with Gasteiger partial charge in [-0.25, -0.2) is 0 Å². The Bertz CT molecular complexity index is 497. The van der Waals surface area contributed by atoms with Crippen LogP contribution in [-0.4, -0.2) is 11.9 Å². The number of rotatable bonds is 2. The van der Waals surface area contributed by atoms with Crippen molar-refractivity contribution in [3.8, 4) is 0 Å². The van der Waals surface area contributed by atoms with Crippen molar-refractivity contribution in [1.29, 1.82) is 0 Å². The average molecular weight is 378 g/mol. The second-order valence-electron chi connectivity index (χ2n) is 5.98. The van der Waals surface area contributed by atoms with Gasteiger partial charge in [-0.1, -0.05) is 39.3 Å². The molecule has 2 rings (SSSR count). The molecule has 2 nitrogen and oxygen atoms in total. The van der Waals surface area contributed by atoms with E-state index < -0.39 is 0 Å². The van der Waals surface area contributed by atoms with E-state index in [1.54, 1.807) is 6.07 Å². The molecule has 0 atom stereocenters. The summed E-state index contributed by atoms with van der Waals surface area (Å²) in [5.74, 6) is -0.0445. The molecule has 0 aliphatic heterocycles. The van der Waals surface area contributed by atoms with E-state index in [0.29, 0.717) is 10.6 Å². The van der Waals surface area contributed by atoms with Crippen LogP contribution >= 0.6 is 34.2 Å². The molecule has 98 valence electrons. The van der Waals surface area contributed by atoms with Crippen molar-refractivity contribution in [3.05, 3.63) is 32.4 Å². The predicted octanol–water partition coefficient (Wildman–Crippen LogP) is 4.11. The van der Waals surface area contributed by atoms with Gasteiger partial charge in [-0.15, -0.1) is 0 Å². The van der Waals surface area contributed by atoms with Crippen LogP contribution in [0.25, 0.3) is 0 Å². The third-order valence-electron chi connectivity index (χ3n) is 4.48. The van der Waals surface area contributed by atoms with Gasteiger partial charge in [0.15, 0.2) is 0 Å². The molecular weight excluding hydrogens is 361 g/mol. The number of benzene rings is 1. The summed E-state index contributed by atoms with van der Waals surface area (Å²) in [5, 5.41) is 3.72. The molecule has 0 radical (unpaired) electrons. The van der Waals surface area contributed by atoms with Crippen LogP contribution in [0, 0.1) is 14.4 Å². The minimum atomic E-state index is -0.0445. The first-order chi connectivity index (χ1) is 8.18. The Kier molecular flexibility index (Phi) is 3.43. The highest BCUT2D eigenvalue weighted by Gasteiger charge is 2.65. The van der Waals surface area contributed by atoms with Crippen LogP contribution in [0.4, 0.5) is 0 Å². The summed E-state index contributed by atoms with van der Waals surface area (Å²) in [5.41, 5.74) is 0.921. The van der Waals surface area contributed by atoms with Crippen molar-refractivity contribution in [2.45, 2.75) is 33.7 Å². The lowest BCUT2D eigenvalue weighted by molar-refractivity contribution is 0.0943. The molecule has 0 heterocycles. The Morgan fingerprint density at radius 3 is 2.28 bits per heavy atom. The van der Waals surface area contributed by atoms with E-state index in [4.69, 9.17) is 11.6 Å². The van der Waals surface area contributed by atoms with Gasteiger partial charge in [0.05, 0.1) is 5.02 Å². The monoisotopic (exact) mass is 377 g/mol. The van der Waals surface area contributed by atoms with Crippen LogP contribution in [0.2, 0.25) is 5.02 Å². The van der Waals surface area contributed by atoms with E-state index in [9.17, 15) is 4.79 Å². The van der Waals surface area contributed by atoms with Gasteiger partial charge in [0.1, 0.15) is 0 Å². The predicted molar refractivity (Wildman–Crippen MR) is 83.0 cm³/mol. The number of halogens is 2. The zero-order valence-corrected chi connectivity index (χ0v) is 13.9. The molecule has 1 aliphatic carbocycles. The number of hydrogen-bond acceptors (Lipinski definition) is 1. The molecule has 0 bridgehead atoms. The Balaban J connectivity index is 2.12. The zero-order valence-electron chi connectivity index (χ0n) is 11.0. The fourth-order valence-corrected chi connectivity index (χ4v) is 2.93. The molecule has 1 aromatic carbocycles. The summed E-state index contributed by atoms with van der Waals surface area (Å²) in [7, 11) is 0. The smallest absolute Gasteiger partial charge is 0.251 e. The van der Waals surface area contributed by atoms with Crippen LogP contribution < -0.4 is 5.32 Å². The van der Waals surface area contributed by atoms with E-state index in [0.717, 1.165) is 3.57 Å². The van der Waals surface area contributed by atoms with Crippen LogP contribution in [-0.2, 0) is 0 Å². The maximum Gasteiger partial charge on any atom is 0.251 e. The van der Waals surface area contributed by atoms with Crippen molar-refractivity contribution in [2.75, 3.05) is 0 Å². The van der Waals surface area contributed by atoms with Gasteiger partial charge in [0, 0.05) is 15.2 Å². The highest BCUT2D eigenvalue weighted by molar-refractivity contribution is 14.1. The summed E-state index contributed by atoms with van der Waals surface area (Å²) in [6, 6.07) is 5.61. The maximum atomic E-state index is 12.2. The molecule has 0 unspecified atom stereocenters. The fourth-order valence-electron chi connectivity index (χ4n) is 2.41. The summed E-state index contributed by atoms with van der Waals surface area (Å²) >= 11 is 8.18. The van der Waals surface area contributed by atoms with Crippen molar-refractivity contribution in [3.63, 3.8) is 0 Å². The van der Waals surface area contributed by atoms with Crippen LogP contribution in [0.3, 0.4) is 0 Å². The van der Waals surface area contributed by atoms with E-state index in [1.807, 2.05) is 12.1 Å². The molecule has 1 fully saturated rings. The lowest BCUT2D eigenvalue weighted by Gasteiger charge is -2.07. The van der Waals surface area contributed by atoms with Crippen LogP contribution in [0.1, 0.15) is 38.1 Å². The molecule has 1 N–H and O–H groups in total. The standard InChI is InChI=1S/C14H17ClINO/c1-13(2)12(14(13,3)4)17-11(18)8-5-6-10(16)9(15)7-8/h5-7,12H,1-4H3,(H,17,18). The van der Waals surface area contributed by atoms with Crippen molar-refractivity contribution >= 4 is 40.1 Å². The van der Waals surface area contributed by atoms with E-state index in [1.165, 1.54) is 0 Å². The summed E-state index contributed by atoms with van der Waals surface area (Å²) in [4.78, 5) is 12.2. The zero-order chi connectivity index (χ0) is 13.7. The first-order valence-corrected chi connectivity index (χ1v) is 7.39. The molecule has 0 spiro atoms.